The van der Waals surface area contributed by atoms with E-state index in [9.17, 15) is 0 Å². The summed E-state index contributed by atoms with van der Waals surface area (Å²) in [6.45, 7) is 4.51. The van der Waals surface area contributed by atoms with E-state index in [0.29, 0.717) is 6.42 Å². The van der Waals surface area contributed by atoms with Crippen LogP contribution in [0.25, 0.3) is 55.0 Å². The fourth-order valence-electron chi connectivity index (χ4n) is 6.98. The monoisotopic (exact) mass is 628 g/mol. The lowest BCUT2D eigenvalue weighted by atomic mass is 9.92. The molecule has 8 aromatic rings. The van der Waals surface area contributed by atoms with Gasteiger partial charge in [0.05, 0.1) is 11.8 Å². The quantitative estimate of drug-likeness (QED) is 0.175. The number of furan rings is 1. The normalized spacial score (nSPS) is 14.9. The maximum Gasteiger partial charge on any atom is 0.155 e. The summed E-state index contributed by atoms with van der Waals surface area (Å²) in [7, 11) is 0. The lowest BCUT2D eigenvalue weighted by molar-refractivity contribution is 0.670. The SMILES string of the molecule is C=C1CC(c2ccc(-c3cc(-c4ccccc4)cc4c3oc3cc5ccccc5cc34)cc2)=NC(c2ccccc2)=NC1c1ccccc1. The van der Waals surface area contributed by atoms with E-state index < -0.39 is 0 Å². The van der Waals surface area contributed by atoms with Crippen LogP contribution in [-0.4, -0.2) is 11.5 Å². The second kappa shape index (κ2) is 12.0. The van der Waals surface area contributed by atoms with Gasteiger partial charge in [0.1, 0.15) is 11.2 Å². The Morgan fingerprint density at radius 3 is 1.86 bits per heavy atom. The number of hydrogen-bond donors (Lipinski definition) is 0. The van der Waals surface area contributed by atoms with Crippen molar-refractivity contribution >= 4 is 44.3 Å². The van der Waals surface area contributed by atoms with Crippen molar-refractivity contribution in [3.05, 3.63) is 193 Å². The summed E-state index contributed by atoms with van der Waals surface area (Å²) in [4.78, 5) is 10.4. The summed E-state index contributed by atoms with van der Waals surface area (Å²) in [5.74, 6) is 0.721. The summed E-state index contributed by atoms with van der Waals surface area (Å²) in [6, 6.07) is 57.1. The molecule has 49 heavy (non-hydrogen) atoms. The van der Waals surface area contributed by atoms with Crippen LogP contribution in [0.3, 0.4) is 0 Å². The van der Waals surface area contributed by atoms with E-state index in [0.717, 1.165) is 72.4 Å². The highest BCUT2D eigenvalue weighted by Gasteiger charge is 2.23. The van der Waals surface area contributed by atoms with Gasteiger partial charge in [0.25, 0.3) is 0 Å². The Balaban J connectivity index is 1.16. The minimum atomic E-state index is -0.171. The molecule has 9 rings (SSSR count). The van der Waals surface area contributed by atoms with Gasteiger partial charge >= 0.3 is 0 Å². The van der Waals surface area contributed by atoms with Gasteiger partial charge < -0.3 is 4.42 Å². The first-order valence-electron chi connectivity index (χ1n) is 16.7. The summed E-state index contributed by atoms with van der Waals surface area (Å²) in [6.07, 6.45) is 0.629. The van der Waals surface area contributed by atoms with Gasteiger partial charge in [-0.3, -0.25) is 4.99 Å². The van der Waals surface area contributed by atoms with Crippen LogP contribution in [0.5, 0.6) is 0 Å². The molecule has 1 unspecified atom stereocenters. The van der Waals surface area contributed by atoms with Crippen LogP contribution < -0.4 is 0 Å². The maximum atomic E-state index is 6.68. The lowest BCUT2D eigenvalue weighted by Gasteiger charge is -2.15. The van der Waals surface area contributed by atoms with Gasteiger partial charge in [-0.15, -0.1) is 0 Å². The van der Waals surface area contributed by atoms with Gasteiger partial charge in [0.2, 0.25) is 0 Å². The summed E-state index contributed by atoms with van der Waals surface area (Å²) in [5.41, 5.74) is 11.4. The summed E-state index contributed by atoms with van der Waals surface area (Å²) >= 11 is 0. The van der Waals surface area contributed by atoms with Crippen LogP contribution in [0.2, 0.25) is 0 Å². The molecule has 0 saturated carbocycles. The van der Waals surface area contributed by atoms with Gasteiger partial charge in [-0.25, -0.2) is 4.99 Å². The molecule has 0 fully saturated rings. The predicted molar refractivity (Wildman–Crippen MR) is 205 cm³/mol. The highest BCUT2D eigenvalue weighted by Crippen LogP contribution is 2.41. The van der Waals surface area contributed by atoms with E-state index in [1.54, 1.807) is 0 Å². The van der Waals surface area contributed by atoms with Crippen LogP contribution >= 0.6 is 0 Å². The van der Waals surface area contributed by atoms with Crippen molar-refractivity contribution in [2.45, 2.75) is 12.5 Å². The van der Waals surface area contributed by atoms with Gasteiger partial charge in [-0.05, 0) is 68.4 Å². The van der Waals surface area contributed by atoms with Crippen LogP contribution in [-0.2, 0) is 0 Å². The molecule has 1 atom stereocenters. The lowest BCUT2D eigenvalue weighted by Crippen LogP contribution is -2.05. The molecule has 2 heterocycles. The molecular weight excluding hydrogens is 597 g/mol. The molecule has 0 amide bonds. The molecule has 3 heteroatoms. The predicted octanol–water partition coefficient (Wildman–Crippen LogP) is 12.0. The molecular formula is C46H32N2O. The van der Waals surface area contributed by atoms with Crippen molar-refractivity contribution < 1.29 is 4.42 Å². The highest BCUT2D eigenvalue weighted by atomic mass is 16.3. The maximum absolute atomic E-state index is 6.68. The third-order valence-electron chi connectivity index (χ3n) is 9.50. The number of hydrogen-bond acceptors (Lipinski definition) is 3. The summed E-state index contributed by atoms with van der Waals surface area (Å²) < 4.78 is 6.68. The molecule has 1 aliphatic heterocycles. The molecule has 0 aliphatic carbocycles. The number of rotatable bonds is 5. The fourth-order valence-corrected chi connectivity index (χ4v) is 6.98. The third kappa shape index (κ3) is 5.36. The van der Waals surface area contributed by atoms with Crippen LogP contribution in [0.15, 0.2) is 190 Å². The van der Waals surface area contributed by atoms with Crippen LogP contribution in [0.1, 0.15) is 29.2 Å². The van der Waals surface area contributed by atoms with Crippen LogP contribution in [0, 0.1) is 0 Å². The zero-order valence-electron chi connectivity index (χ0n) is 26.9. The molecule has 0 saturated heterocycles. The van der Waals surface area contributed by atoms with Crippen molar-refractivity contribution in [1.29, 1.82) is 0 Å². The van der Waals surface area contributed by atoms with Crippen molar-refractivity contribution in [1.82, 2.24) is 0 Å². The first kappa shape index (κ1) is 28.9. The molecule has 7 aromatic carbocycles. The van der Waals surface area contributed by atoms with Crippen molar-refractivity contribution in [3.63, 3.8) is 0 Å². The average molecular weight is 629 g/mol. The van der Waals surface area contributed by atoms with Gasteiger partial charge in [0, 0.05) is 28.3 Å². The Morgan fingerprint density at radius 1 is 0.531 bits per heavy atom. The molecule has 1 aliphatic rings. The number of amidine groups is 1. The Morgan fingerprint density at radius 2 is 1.14 bits per heavy atom. The van der Waals surface area contributed by atoms with Gasteiger partial charge in [0.15, 0.2) is 5.84 Å². The Bertz CT molecular complexity index is 2560. The molecule has 1 aromatic heterocycles. The van der Waals surface area contributed by atoms with E-state index in [2.05, 4.69) is 146 Å². The van der Waals surface area contributed by atoms with E-state index in [4.69, 9.17) is 14.4 Å². The number of fused-ring (bicyclic) bond motifs is 4. The topological polar surface area (TPSA) is 37.9 Å². The van der Waals surface area contributed by atoms with Crippen molar-refractivity contribution in [2.24, 2.45) is 9.98 Å². The minimum Gasteiger partial charge on any atom is -0.455 e. The molecule has 0 bridgehead atoms. The fraction of sp³-hybridized carbons (Fsp3) is 0.0435. The third-order valence-corrected chi connectivity index (χ3v) is 9.50. The van der Waals surface area contributed by atoms with Crippen molar-refractivity contribution in [3.8, 4) is 22.3 Å². The van der Waals surface area contributed by atoms with E-state index in [1.807, 2.05) is 24.3 Å². The van der Waals surface area contributed by atoms with E-state index >= 15 is 0 Å². The Kier molecular flexibility index (Phi) is 7.09. The Hall–Kier alpha value is -6.32. The molecule has 232 valence electrons. The molecule has 0 radical (unpaired) electrons. The number of nitrogens with zero attached hydrogens (tertiary/aromatic N) is 2. The second-order valence-electron chi connectivity index (χ2n) is 12.7. The Labute approximate surface area is 285 Å². The second-order valence-corrected chi connectivity index (χ2v) is 12.7. The largest absolute Gasteiger partial charge is 0.455 e. The summed E-state index contributed by atoms with van der Waals surface area (Å²) in [5, 5.41) is 4.60. The standard InChI is InChI=1S/C46H32N2O/c1-30-25-42(47-46(35-17-9-4-10-18-35)48-44(30)34-15-7-3-8-16-34)33-23-21-32(22-24-33)39-27-38(31-13-5-2-6-14-31)28-41-40-26-36-19-11-12-20-37(36)29-43(40)49-45(39)41/h2-24,26-29,44H,1,25H2. The smallest absolute Gasteiger partial charge is 0.155 e. The van der Waals surface area contributed by atoms with Crippen molar-refractivity contribution in [2.75, 3.05) is 0 Å². The van der Waals surface area contributed by atoms with E-state index in [-0.39, 0.29) is 6.04 Å². The molecule has 0 N–H and O–H groups in total. The molecule has 0 spiro atoms. The first-order chi connectivity index (χ1) is 24.2. The van der Waals surface area contributed by atoms with Crippen LogP contribution in [0.4, 0.5) is 0 Å². The average Bonchev–Trinajstić information content (AvgIpc) is 3.42. The first-order valence-corrected chi connectivity index (χ1v) is 16.7. The highest BCUT2D eigenvalue weighted by molar-refractivity contribution is 6.16. The minimum absolute atomic E-state index is 0.171. The zero-order chi connectivity index (χ0) is 32.7. The van der Waals surface area contributed by atoms with Gasteiger partial charge in [-0.1, -0.05) is 146 Å². The van der Waals surface area contributed by atoms with Gasteiger partial charge in [-0.2, -0.15) is 0 Å². The van der Waals surface area contributed by atoms with E-state index in [1.165, 1.54) is 16.3 Å². The number of aliphatic imine (C=N–C) groups is 2. The number of benzene rings is 7. The zero-order valence-corrected chi connectivity index (χ0v) is 26.9. The molecule has 3 nitrogen and oxygen atoms in total.